The number of hydrogen-bond donors (Lipinski definition) is 1. The number of hydrogen-bond acceptors (Lipinski definition) is 3. The smallest absolute Gasteiger partial charge is 0.406 e. The standard InChI is InChI=1S/C12H15F3N2O2/c1-8(7-16)17(2)11(18)9-3-5-10(6-4-9)19-12(13,14)15/h3-6,8H,7,16H2,1-2H3. The second kappa shape index (κ2) is 5.92. The van der Waals surface area contributed by atoms with Crippen LogP contribution in [0.2, 0.25) is 0 Å². The van der Waals surface area contributed by atoms with E-state index >= 15 is 0 Å². The lowest BCUT2D eigenvalue weighted by Crippen LogP contribution is -2.39. The minimum atomic E-state index is -4.74. The van der Waals surface area contributed by atoms with Crippen molar-refractivity contribution in [2.24, 2.45) is 5.73 Å². The molecule has 0 saturated heterocycles. The van der Waals surface area contributed by atoms with Gasteiger partial charge in [0.25, 0.3) is 5.91 Å². The molecule has 4 nitrogen and oxygen atoms in total. The maximum atomic E-state index is 12.0. The first-order chi connectivity index (χ1) is 8.74. The SMILES string of the molecule is CC(CN)N(C)C(=O)c1ccc(OC(F)(F)F)cc1. The Kier molecular flexibility index (Phi) is 4.77. The van der Waals surface area contributed by atoms with Crippen molar-refractivity contribution >= 4 is 5.91 Å². The zero-order valence-electron chi connectivity index (χ0n) is 10.6. The Balaban J connectivity index is 2.79. The van der Waals surface area contributed by atoms with Crippen LogP contribution in [0.5, 0.6) is 5.75 Å². The van der Waals surface area contributed by atoms with Gasteiger partial charge in [0.05, 0.1) is 0 Å². The number of rotatable bonds is 4. The maximum Gasteiger partial charge on any atom is 0.573 e. The van der Waals surface area contributed by atoms with Crippen LogP contribution in [0.25, 0.3) is 0 Å². The van der Waals surface area contributed by atoms with E-state index in [-0.39, 0.29) is 23.3 Å². The predicted octanol–water partition coefficient (Wildman–Crippen LogP) is 2.00. The van der Waals surface area contributed by atoms with Crippen LogP contribution in [0.15, 0.2) is 24.3 Å². The highest BCUT2D eigenvalue weighted by Crippen LogP contribution is 2.23. The van der Waals surface area contributed by atoms with Crippen LogP contribution in [-0.2, 0) is 0 Å². The summed E-state index contributed by atoms with van der Waals surface area (Å²) < 4.78 is 39.6. The highest BCUT2D eigenvalue weighted by molar-refractivity contribution is 5.94. The van der Waals surface area contributed by atoms with Crippen LogP contribution >= 0.6 is 0 Å². The van der Waals surface area contributed by atoms with E-state index in [2.05, 4.69) is 4.74 Å². The molecule has 0 aliphatic rings. The Bertz CT molecular complexity index is 432. The molecule has 1 amide bonds. The molecule has 2 N–H and O–H groups in total. The van der Waals surface area contributed by atoms with Gasteiger partial charge >= 0.3 is 6.36 Å². The van der Waals surface area contributed by atoms with Gasteiger partial charge in [-0.25, -0.2) is 0 Å². The average Bonchev–Trinajstić information content (AvgIpc) is 2.35. The molecule has 0 heterocycles. The predicted molar refractivity (Wildman–Crippen MR) is 63.7 cm³/mol. The van der Waals surface area contributed by atoms with E-state index in [4.69, 9.17) is 5.73 Å². The average molecular weight is 276 g/mol. The van der Waals surface area contributed by atoms with E-state index < -0.39 is 6.36 Å². The quantitative estimate of drug-likeness (QED) is 0.915. The lowest BCUT2D eigenvalue weighted by molar-refractivity contribution is -0.274. The van der Waals surface area contributed by atoms with E-state index in [1.165, 1.54) is 17.0 Å². The Morgan fingerprint density at radius 1 is 1.37 bits per heavy atom. The molecule has 7 heteroatoms. The van der Waals surface area contributed by atoms with Crippen molar-refractivity contribution in [2.75, 3.05) is 13.6 Å². The van der Waals surface area contributed by atoms with Crippen molar-refractivity contribution in [1.29, 1.82) is 0 Å². The molecule has 0 aromatic heterocycles. The second-order valence-electron chi connectivity index (χ2n) is 4.07. The van der Waals surface area contributed by atoms with Crippen molar-refractivity contribution in [3.8, 4) is 5.75 Å². The lowest BCUT2D eigenvalue weighted by Gasteiger charge is -2.23. The molecule has 0 spiro atoms. The van der Waals surface area contributed by atoms with Crippen molar-refractivity contribution in [2.45, 2.75) is 19.3 Å². The molecule has 0 bridgehead atoms. The molecule has 0 fully saturated rings. The van der Waals surface area contributed by atoms with Crippen LogP contribution in [-0.4, -0.2) is 36.8 Å². The Labute approximate surface area is 108 Å². The minimum absolute atomic E-state index is 0.154. The zero-order chi connectivity index (χ0) is 14.6. The van der Waals surface area contributed by atoms with E-state index in [0.717, 1.165) is 12.1 Å². The summed E-state index contributed by atoms with van der Waals surface area (Å²) >= 11 is 0. The number of halogens is 3. The van der Waals surface area contributed by atoms with Gasteiger partial charge in [-0.15, -0.1) is 13.2 Å². The lowest BCUT2D eigenvalue weighted by atomic mass is 10.1. The van der Waals surface area contributed by atoms with Gasteiger partial charge in [-0.2, -0.15) is 0 Å². The van der Waals surface area contributed by atoms with Gasteiger partial charge in [-0.1, -0.05) is 0 Å². The summed E-state index contributed by atoms with van der Waals surface area (Å²) in [5.74, 6) is -0.671. The van der Waals surface area contributed by atoms with Crippen LogP contribution < -0.4 is 10.5 Å². The summed E-state index contributed by atoms with van der Waals surface area (Å²) in [4.78, 5) is 13.4. The molecule has 0 radical (unpaired) electrons. The minimum Gasteiger partial charge on any atom is -0.406 e. The number of alkyl halides is 3. The number of likely N-dealkylation sites (N-methyl/N-ethyl adjacent to an activating group) is 1. The molecule has 19 heavy (non-hydrogen) atoms. The molecule has 1 aromatic rings. The van der Waals surface area contributed by atoms with E-state index in [9.17, 15) is 18.0 Å². The molecule has 1 atom stereocenters. The Morgan fingerprint density at radius 2 is 1.89 bits per heavy atom. The van der Waals surface area contributed by atoms with Gasteiger partial charge in [0.1, 0.15) is 5.75 Å². The molecule has 1 aromatic carbocycles. The fourth-order valence-corrected chi connectivity index (χ4v) is 1.36. The summed E-state index contributed by atoms with van der Waals surface area (Å²) in [5, 5.41) is 0. The molecule has 1 unspecified atom stereocenters. The van der Waals surface area contributed by atoms with Gasteiger partial charge in [0, 0.05) is 25.2 Å². The molecule has 0 aliphatic carbocycles. The third-order valence-electron chi connectivity index (χ3n) is 2.66. The monoisotopic (exact) mass is 276 g/mol. The van der Waals surface area contributed by atoms with Gasteiger partial charge in [-0.05, 0) is 31.2 Å². The van der Waals surface area contributed by atoms with Crippen LogP contribution in [0.3, 0.4) is 0 Å². The first-order valence-corrected chi connectivity index (χ1v) is 5.57. The highest BCUT2D eigenvalue weighted by atomic mass is 19.4. The summed E-state index contributed by atoms with van der Waals surface area (Å²) in [6.45, 7) is 2.08. The number of nitrogens with zero attached hydrogens (tertiary/aromatic N) is 1. The summed E-state index contributed by atoms with van der Waals surface area (Å²) in [5.41, 5.74) is 5.72. The Hall–Kier alpha value is -1.76. The van der Waals surface area contributed by atoms with Crippen LogP contribution in [0.1, 0.15) is 17.3 Å². The number of nitrogens with two attached hydrogens (primary N) is 1. The van der Waals surface area contributed by atoms with Gasteiger partial charge in [0.15, 0.2) is 0 Å². The first-order valence-electron chi connectivity index (χ1n) is 5.57. The van der Waals surface area contributed by atoms with E-state index in [1.54, 1.807) is 14.0 Å². The first kappa shape index (κ1) is 15.3. The van der Waals surface area contributed by atoms with Crippen molar-refractivity contribution in [1.82, 2.24) is 4.90 Å². The number of ether oxygens (including phenoxy) is 1. The zero-order valence-corrected chi connectivity index (χ0v) is 10.6. The molecule has 0 aliphatic heterocycles. The van der Waals surface area contributed by atoms with Crippen LogP contribution in [0, 0.1) is 0 Å². The third-order valence-corrected chi connectivity index (χ3v) is 2.66. The normalized spacial score (nSPS) is 12.9. The number of carbonyl (C=O) groups excluding carboxylic acids is 1. The highest BCUT2D eigenvalue weighted by Gasteiger charge is 2.31. The fourth-order valence-electron chi connectivity index (χ4n) is 1.36. The molecular weight excluding hydrogens is 261 g/mol. The van der Waals surface area contributed by atoms with Crippen molar-refractivity contribution in [3.05, 3.63) is 29.8 Å². The second-order valence-corrected chi connectivity index (χ2v) is 4.07. The summed E-state index contributed by atoms with van der Waals surface area (Å²) in [6.07, 6.45) is -4.74. The summed E-state index contributed by atoms with van der Waals surface area (Å²) in [7, 11) is 1.58. The van der Waals surface area contributed by atoms with Crippen molar-refractivity contribution < 1.29 is 22.7 Å². The summed E-state index contributed by atoms with van der Waals surface area (Å²) in [6, 6.07) is 4.61. The number of carbonyl (C=O) groups is 1. The fraction of sp³-hybridized carbons (Fsp3) is 0.417. The maximum absolute atomic E-state index is 12.0. The topological polar surface area (TPSA) is 55.6 Å². The number of benzene rings is 1. The van der Waals surface area contributed by atoms with E-state index in [0.29, 0.717) is 6.54 Å². The van der Waals surface area contributed by atoms with Gasteiger partial charge in [0.2, 0.25) is 0 Å². The van der Waals surface area contributed by atoms with Crippen molar-refractivity contribution in [3.63, 3.8) is 0 Å². The molecule has 106 valence electrons. The van der Waals surface area contributed by atoms with Gasteiger partial charge in [-0.3, -0.25) is 4.79 Å². The Morgan fingerprint density at radius 3 is 2.32 bits per heavy atom. The number of amides is 1. The third kappa shape index (κ3) is 4.44. The molecule has 0 saturated carbocycles. The van der Waals surface area contributed by atoms with Crippen LogP contribution in [0.4, 0.5) is 13.2 Å². The van der Waals surface area contributed by atoms with E-state index in [1.807, 2.05) is 0 Å². The largest absolute Gasteiger partial charge is 0.573 e. The molecule has 1 rings (SSSR count). The molecular formula is C12H15F3N2O2. The van der Waals surface area contributed by atoms with Gasteiger partial charge < -0.3 is 15.4 Å².